The second-order valence-corrected chi connectivity index (χ2v) is 6.86. The number of hydrogen-bond acceptors (Lipinski definition) is 3. The van der Waals surface area contributed by atoms with E-state index in [1.165, 1.54) is 26.2 Å². The standard InChI is InChI=1S/C15H22O3/c1-9(16)10(2)18-14(17)15-6-11-3-12(7-15)5-13(4-11)8-15/h10-13H,3-8H2,1-2H3. The van der Waals surface area contributed by atoms with E-state index < -0.39 is 6.10 Å². The summed E-state index contributed by atoms with van der Waals surface area (Å²) in [4.78, 5) is 23.7. The summed E-state index contributed by atoms with van der Waals surface area (Å²) in [5.41, 5.74) is -0.238. The maximum absolute atomic E-state index is 12.4. The van der Waals surface area contributed by atoms with Crippen LogP contribution in [0, 0.1) is 23.2 Å². The van der Waals surface area contributed by atoms with Crippen LogP contribution in [0.5, 0.6) is 0 Å². The summed E-state index contributed by atoms with van der Waals surface area (Å²) in [6, 6.07) is 0. The molecule has 0 amide bonds. The van der Waals surface area contributed by atoms with Crippen LogP contribution in [0.4, 0.5) is 0 Å². The SMILES string of the molecule is CC(=O)C(C)OC(=O)C12CC3CC(CC(C3)C1)C2. The van der Waals surface area contributed by atoms with E-state index in [9.17, 15) is 9.59 Å². The Kier molecular flexibility index (Phi) is 2.76. The lowest BCUT2D eigenvalue weighted by Crippen LogP contribution is -2.51. The van der Waals surface area contributed by atoms with Crippen molar-refractivity contribution in [1.82, 2.24) is 0 Å². The number of carbonyl (C=O) groups excluding carboxylic acids is 2. The van der Waals surface area contributed by atoms with Crippen molar-refractivity contribution in [1.29, 1.82) is 0 Å². The van der Waals surface area contributed by atoms with Crippen molar-refractivity contribution in [3.05, 3.63) is 0 Å². The van der Waals surface area contributed by atoms with Crippen molar-refractivity contribution in [3.8, 4) is 0 Å². The molecule has 4 aliphatic carbocycles. The van der Waals surface area contributed by atoms with Crippen molar-refractivity contribution >= 4 is 11.8 Å². The van der Waals surface area contributed by atoms with Gasteiger partial charge in [0.25, 0.3) is 0 Å². The predicted molar refractivity (Wildman–Crippen MR) is 66.8 cm³/mol. The Hall–Kier alpha value is -0.860. The monoisotopic (exact) mass is 250 g/mol. The van der Waals surface area contributed by atoms with Gasteiger partial charge in [-0.2, -0.15) is 0 Å². The van der Waals surface area contributed by atoms with Gasteiger partial charge < -0.3 is 4.74 Å². The average Bonchev–Trinajstić information content (AvgIpc) is 2.26. The Balaban J connectivity index is 1.75. The van der Waals surface area contributed by atoms with Gasteiger partial charge in [-0.05, 0) is 70.1 Å². The van der Waals surface area contributed by atoms with Gasteiger partial charge in [0, 0.05) is 0 Å². The minimum atomic E-state index is -0.578. The molecule has 0 N–H and O–H groups in total. The van der Waals surface area contributed by atoms with Crippen molar-refractivity contribution in [2.24, 2.45) is 23.2 Å². The number of hydrogen-bond donors (Lipinski definition) is 0. The summed E-state index contributed by atoms with van der Waals surface area (Å²) in [5.74, 6) is 2.04. The molecule has 0 heterocycles. The van der Waals surface area contributed by atoms with Gasteiger partial charge in [-0.1, -0.05) is 0 Å². The van der Waals surface area contributed by atoms with Crippen LogP contribution in [0.3, 0.4) is 0 Å². The van der Waals surface area contributed by atoms with Gasteiger partial charge in [-0.25, -0.2) is 0 Å². The van der Waals surface area contributed by atoms with E-state index in [0.29, 0.717) is 0 Å². The number of carbonyl (C=O) groups is 2. The Bertz CT molecular complexity index is 350. The normalized spacial score (nSPS) is 42.7. The van der Waals surface area contributed by atoms with Crippen LogP contribution < -0.4 is 0 Å². The van der Waals surface area contributed by atoms with Crippen LogP contribution in [0.2, 0.25) is 0 Å². The molecule has 4 bridgehead atoms. The summed E-state index contributed by atoms with van der Waals surface area (Å²) in [6.07, 6.45) is 6.37. The van der Waals surface area contributed by atoms with E-state index in [4.69, 9.17) is 4.74 Å². The number of ether oxygens (including phenoxy) is 1. The first-order valence-electron chi connectivity index (χ1n) is 7.20. The lowest BCUT2D eigenvalue weighted by molar-refractivity contribution is -0.177. The van der Waals surface area contributed by atoms with Gasteiger partial charge in [0.1, 0.15) is 0 Å². The molecule has 3 heteroatoms. The van der Waals surface area contributed by atoms with Crippen molar-refractivity contribution in [3.63, 3.8) is 0 Å². The molecule has 1 unspecified atom stereocenters. The van der Waals surface area contributed by atoms with Gasteiger partial charge >= 0.3 is 5.97 Å². The highest BCUT2D eigenvalue weighted by molar-refractivity contribution is 5.85. The Morgan fingerprint density at radius 2 is 1.50 bits per heavy atom. The molecule has 1 atom stereocenters. The number of esters is 1. The van der Waals surface area contributed by atoms with E-state index in [0.717, 1.165) is 37.0 Å². The molecule has 4 rings (SSSR count). The highest BCUT2D eigenvalue weighted by atomic mass is 16.5. The molecule has 4 saturated carbocycles. The summed E-state index contributed by atoms with van der Waals surface area (Å²) in [7, 11) is 0. The van der Waals surface area contributed by atoms with Crippen LogP contribution in [0.1, 0.15) is 52.4 Å². The molecule has 100 valence electrons. The number of rotatable bonds is 3. The summed E-state index contributed by atoms with van der Waals surface area (Å²) < 4.78 is 5.41. The quantitative estimate of drug-likeness (QED) is 0.723. The fourth-order valence-corrected chi connectivity index (χ4v) is 4.73. The molecule has 0 aromatic heterocycles. The zero-order chi connectivity index (χ0) is 12.9. The molecule has 0 radical (unpaired) electrons. The Morgan fingerprint density at radius 1 is 1.06 bits per heavy atom. The fraction of sp³-hybridized carbons (Fsp3) is 0.867. The van der Waals surface area contributed by atoms with Gasteiger partial charge in [-0.15, -0.1) is 0 Å². The molecule has 4 aliphatic rings. The van der Waals surface area contributed by atoms with E-state index in [1.807, 2.05) is 0 Å². The highest BCUT2D eigenvalue weighted by Gasteiger charge is 2.55. The first kappa shape index (κ1) is 12.2. The van der Waals surface area contributed by atoms with Crippen molar-refractivity contribution < 1.29 is 14.3 Å². The number of ketones is 1. The molecule has 3 nitrogen and oxygen atoms in total. The van der Waals surface area contributed by atoms with Gasteiger partial charge in [0.2, 0.25) is 0 Å². The fourth-order valence-electron chi connectivity index (χ4n) is 4.73. The summed E-state index contributed by atoms with van der Waals surface area (Å²) in [6.45, 7) is 3.17. The molecule has 4 fully saturated rings. The van der Waals surface area contributed by atoms with E-state index in [-0.39, 0.29) is 17.2 Å². The van der Waals surface area contributed by atoms with Crippen molar-refractivity contribution in [2.45, 2.75) is 58.5 Å². The van der Waals surface area contributed by atoms with E-state index >= 15 is 0 Å². The van der Waals surface area contributed by atoms with Crippen LogP contribution in [0.25, 0.3) is 0 Å². The molecular weight excluding hydrogens is 228 g/mol. The second-order valence-electron chi connectivity index (χ2n) is 6.86. The van der Waals surface area contributed by atoms with Crippen LogP contribution >= 0.6 is 0 Å². The lowest BCUT2D eigenvalue weighted by Gasteiger charge is -2.55. The van der Waals surface area contributed by atoms with Crippen molar-refractivity contribution in [2.75, 3.05) is 0 Å². The maximum atomic E-state index is 12.4. The Labute approximate surface area is 108 Å². The molecular formula is C15H22O3. The zero-order valence-electron chi connectivity index (χ0n) is 11.3. The zero-order valence-corrected chi connectivity index (χ0v) is 11.3. The Morgan fingerprint density at radius 3 is 1.89 bits per heavy atom. The van der Waals surface area contributed by atoms with E-state index in [1.54, 1.807) is 6.92 Å². The first-order chi connectivity index (χ1) is 8.48. The second kappa shape index (κ2) is 4.07. The minimum Gasteiger partial charge on any atom is -0.454 e. The minimum absolute atomic E-state index is 0.0620. The smallest absolute Gasteiger partial charge is 0.312 e. The third-order valence-electron chi connectivity index (χ3n) is 5.33. The molecule has 18 heavy (non-hydrogen) atoms. The van der Waals surface area contributed by atoms with Crippen LogP contribution in [-0.2, 0) is 14.3 Å². The van der Waals surface area contributed by atoms with Gasteiger partial charge in [0.05, 0.1) is 5.41 Å². The van der Waals surface area contributed by atoms with Gasteiger partial charge in [0.15, 0.2) is 11.9 Å². The average molecular weight is 250 g/mol. The topological polar surface area (TPSA) is 43.4 Å². The van der Waals surface area contributed by atoms with Gasteiger partial charge in [-0.3, -0.25) is 9.59 Å². The molecule has 0 saturated heterocycles. The third kappa shape index (κ3) is 1.88. The molecule has 0 aromatic carbocycles. The lowest BCUT2D eigenvalue weighted by atomic mass is 9.49. The summed E-state index contributed by atoms with van der Waals surface area (Å²) in [5, 5.41) is 0. The predicted octanol–water partition coefficient (Wildman–Crippen LogP) is 2.72. The van der Waals surface area contributed by atoms with E-state index in [2.05, 4.69) is 0 Å². The maximum Gasteiger partial charge on any atom is 0.312 e. The molecule has 0 aliphatic heterocycles. The third-order valence-corrected chi connectivity index (χ3v) is 5.33. The highest BCUT2D eigenvalue weighted by Crippen LogP contribution is 2.60. The van der Waals surface area contributed by atoms with Crippen LogP contribution in [-0.4, -0.2) is 17.9 Å². The molecule has 0 aromatic rings. The molecule has 0 spiro atoms. The largest absolute Gasteiger partial charge is 0.454 e. The first-order valence-corrected chi connectivity index (χ1v) is 7.20. The van der Waals surface area contributed by atoms with Crippen LogP contribution in [0.15, 0.2) is 0 Å². The number of Topliss-reactive ketones (excluding diaryl/α,β-unsaturated/α-hetero) is 1. The summed E-state index contributed by atoms with van der Waals surface area (Å²) >= 11 is 0.